The molecule has 0 N–H and O–H groups in total. The van der Waals surface area contributed by atoms with Crippen molar-refractivity contribution in [3.05, 3.63) is 78.2 Å². The highest BCUT2D eigenvalue weighted by Gasteiger charge is 2.11. The normalized spacial score (nSPS) is 10.8. The Balaban J connectivity index is 2.33. The second kappa shape index (κ2) is 5.09. The summed E-state index contributed by atoms with van der Waals surface area (Å²) in [5.74, 6) is -0.428. The third-order valence-electron chi connectivity index (χ3n) is 2.83. The van der Waals surface area contributed by atoms with Gasteiger partial charge < -0.3 is 0 Å². The standard InChI is InChI=1S/C15H13F2/c1-2-15(11-3-7-13(16)8-4-11)12-5-9-14(17)10-6-12/h3-10,15H,1-2H2. The number of rotatable bonds is 3. The molecule has 0 atom stereocenters. The molecule has 1 radical (unpaired) electrons. The van der Waals surface area contributed by atoms with Gasteiger partial charge in [0.05, 0.1) is 0 Å². The summed E-state index contributed by atoms with van der Waals surface area (Å²) in [6.07, 6.45) is 0.650. The summed E-state index contributed by atoms with van der Waals surface area (Å²) < 4.78 is 25.7. The molecule has 0 aliphatic carbocycles. The van der Waals surface area contributed by atoms with Crippen molar-refractivity contribution in [1.29, 1.82) is 0 Å². The van der Waals surface area contributed by atoms with Gasteiger partial charge in [0.25, 0.3) is 0 Å². The first kappa shape index (κ1) is 11.8. The fourth-order valence-electron chi connectivity index (χ4n) is 1.92. The first-order chi connectivity index (χ1) is 8.20. The zero-order valence-corrected chi connectivity index (χ0v) is 9.37. The van der Waals surface area contributed by atoms with E-state index in [4.69, 9.17) is 0 Å². The average Bonchev–Trinajstić information content (AvgIpc) is 2.35. The summed E-state index contributed by atoms with van der Waals surface area (Å²) in [5.41, 5.74) is 1.99. The first-order valence-electron chi connectivity index (χ1n) is 5.51. The van der Waals surface area contributed by atoms with E-state index in [1.165, 1.54) is 24.3 Å². The minimum atomic E-state index is -0.254. The van der Waals surface area contributed by atoms with Crippen LogP contribution in [0.4, 0.5) is 8.78 Å². The van der Waals surface area contributed by atoms with E-state index in [0.29, 0.717) is 6.42 Å². The Morgan fingerprint density at radius 1 is 0.765 bits per heavy atom. The van der Waals surface area contributed by atoms with Crippen LogP contribution in [0.15, 0.2) is 48.5 Å². The summed E-state index contributed by atoms with van der Waals surface area (Å²) in [5, 5.41) is 0. The fourth-order valence-corrected chi connectivity index (χ4v) is 1.92. The lowest BCUT2D eigenvalue weighted by atomic mass is 9.89. The average molecular weight is 231 g/mol. The molecule has 0 bridgehead atoms. The number of hydrogen-bond donors (Lipinski definition) is 0. The highest BCUT2D eigenvalue weighted by atomic mass is 19.1. The molecule has 0 unspecified atom stereocenters. The van der Waals surface area contributed by atoms with E-state index < -0.39 is 0 Å². The van der Waals surface area contributed by atoms with Crippen molar-refractivity contribution >= 4 is 0 Å². The van der Waals surface area contributed by atoms with Gasteiger partial charge in [-0.1, -0.05) is 31.2 Å². The number of hydrogen-bond acceptors (Lipinski definition) is 0. The van der Waals surface area contributed by atoms with Crippen LogP contribution in [-0.2, 0) is 0 Å². The maximum absolute atomic E-state index is 12.8. The van der Waals surface area contributed by atoms with E-state index in [2.05, 4.69) is 6.92 Å². The van der Waals surface area contributed by atoms with Crippen molar-refractivity contribution in [1.82, 2.24) is 0 Å². The van der Waals surface area contributed by atoms with Gasteiger partial charge in [0.1, 0.15) is 11.6 Å². The van der Waals surface area contributed by atoms with Gasteiger partial charge in [-0.15, -0.1) is 0 Å². The Bertz CT molecular complexity index is 426. The van der Waals surface area contributed by atoms with E-state index in [0.717, 1.165) is 11.1 Å². The molecule has 0 saturated heterocycles. The highest BCUT2D eigenvalue weighted by Crippen LogP contribution is 2.27. The van der Waals surface area contributed by atoms with Crippen LogP contribution in [0.25, 0.3) is 0 Å². The van der Waals surface area contributed by atoms with Crippen molar-refractivity contribution in [2.24, 2.45) is 0 Å². The topological polar surface area (TPSA) is 0 Å². The van der Waals surface area contributed by atoms with E-state index in [1.807, 2.05) is 0 Å². The van der Waals surface area contributed by atoms with Crippen molar-refractivity contribution in [3.8, 4) is 0 Å². The molecule has 2 aromatic carbocycles. The molecule has 87 valence electrons. The summed E-state index contributed by atoms with van der Waals surface area (Å²) in [4.78, 5) is 0. The molecule has 2 rings (SSSR count). The van der Waals surface area contributed by atoms with Crippen LogP contribution >= 0.6 is 0 Å². The van der Waals surface area contributed by atoms with Crippen LogP contribution in [0, 0.1) is 18.6 Å². The first-order valence-corrected chi connectivity index (χ1v) is 5.51. The molecule has 0 spiro atoms. The molecule has 2 heteroatoms. The molecule has 0 aliphatic heterocycles. The molecule has 0 amide bonds. The van der Waals surface area contributed by atoms with Crippen molar-refractivity contribution in [2.45, 2.75) is 12.3 Å². The predicted molar refractivity (Wildman–Crippen MR) is 64.6 cm³/mol. The molecule has 0 aromatic heterocycles. The Kier molecular flexibility index (Phi) is 3.52. The fraction of sp³-hybridized carbons (Fsp3) is 0.133. The maximum atomic E-state index is 12.8. The third-order valence-corrected chi connectivity index (χ3v) is 2.83. The molecule has 0 aliphatic rings. The van der Waals surface area contributed by atoms with Crippen molar-refractivity contribution in [2.75, 3.05) is 0 Å². The largest absolute Gasteiger partial charge is 0.207 e. The van der Waals surface area contributed by atoms with Gasteiger partial charge in [0, 0.05) is 5.92 Å². The Morgan fingerprint density at radius 2 is 1.12 bits per heavy atom. The van der Waals surface area contributed by atoms with Crippen LogP contribution in [0.3, 0.4) is 0 Å². The zero-order chi connectivity index (χ0) is 12.3. The molecule has 17 heavy (non-hydrogen) atoms. The minimum Gasteiger partial charge on any atom is -0.207 e. The van der Waals surface area contributed by atoms with Crippen molar-refractivity contribution in [3.63, 3.8) is 0 Å². The van der Waals surface area contributed by atoms with Crippen LogP contribution in [0.5, 0.6) is 0 Å². The van der Waals surface area contributed by atoms with E-state index >= 15 is 0 Å². The lowest BCUT2D eigenvalue weighted by Crippen LogP contribution is -1.99. The van der Waals surface area contributed by atoms with E-state index in [1.54, 1.807) is 24.3 Å². The Morgan fingerprint density at radius 3 is 1.41 bits per heavy atom. The van der Waals surface area contributed by atoms with Gasteiger partial charge in [0.2, 0.25) is 0 Å². The smallest absolute Gasteiger partial charge is 0.123 e. The van der Waals surface area contributed by atoms with Gasteiger partial charge in [0.15, 0.2) is 0 Å². The predicted octanol–water partition coefficient (Wildman–Crippen LogP) is 4.32. The molecule has 0 fully saturated rings. The molecular weight excluding hydrogens is 218 g/mol. The number of halogens is 2. The summed E-state index contributed by atoms with van der Waals surface area (Å²) in [6, 6.07) is 12.7. The van der Waals surface area contributed by atoms with Crippen molar-refractivity contribution < 1.29 is 8.78 Å². The lowest BCUT2D eigenvalue weighted by molar-refractivity contribution is 0.624. The molecule has 0 nitrogen and oxygen atoms in total. The SMILES string of the molecule is [CH2]CC(c1ccc(F)cc1)c1ccc(F)cc1. The highest BCUT2D eigenvalue weighted by molar-refractivity contribution is 5.32. The van der Waals surface area contributed by atoms with E-state index in [9.17, 15) is 8.78 Å². The van der Waals surface area contributed by atoms with Crippen LogP contribution in [0.1, 0.15) is 23.5 Å². The van der Waals surface area contributed by atoms with Gasteiger partial charge in [-0.3, -0.25) is 0 Å². The summed E-state index contributed by atoms with van der Waals surface area (Å²) >= 11 is 0. The van der Waals surface area contributed by atoms with E-state index in [-0.39, 0.29) is 17.6 Å². The second-order valence-corrected chi connectivity index (χ2v) is 3.94. The quantitative estimate of drug-likeness (QED) is 0.738. The van der Waals surface area contributed by atoms with Crippen LogP contribution in [-0.4, -0.2) is 0 Å². The molecule has 0 heterocycles. The molecule has 2 aromatic rings. The van der Waals surface area contributed by atoms with Gasteiger partial charge in [-0.05, 0) is 41.8 Å². The van der Waals surface area contributed by atoms with Gasteiger partial charge >= 0.3 is 0 Å². The Labute approximate surface area is 99.9 Å². The summed E-state index contributed by atoms with van der Waals surface area (Å²) in [6.45, 7) is 3.90. The summed E-state index contributed by atoms with van der Waals surface area (Å²) in [7, 11) is 0. The van der Waals surface area contributed by atoms with Crippen LogP contribution < -0.4 is 0 Å². The minimum absolute atomic E-state index is 0.0798. The third kappa shape index (κ3) is 2.70. The number of benzene rings is 2. The second-order valence-electron chi connectivity index (χ2n) is 3.94. The van der Waals surface area contributed by atoms with Crippen LogP contribution in [0.2, 0.25) is 0 Å². The van der Waals surface area contributed by atoms with Gasteiger partial charge in [-0.2, -0.15) is 0 Å². The zero-order valence-electron chi connectivity index (χ0n) is 9.37. The maximum Gasteiger partial charge on any atom is 0.123 e. The van der Waals surface area contributed by atoms with Gasteiger partial charge in [-0.25, -0.2) is 8.78 Å². The monoisotopic (exact) mass is 231 g/mol. The molecular formula is C15H13F2. The Hall–Kier alpha value is -1.70. The lowest BCUT2D eigenvalue weighted by Gasteiger charge is -2.15. The molecule has 0 saturated carbocycles.